The van der Waals surface area contributed by atoms with E-state index in [2.05, 4.69) is 12.2 Å². The SMILES string of the molecule is CC1(CNC(=O)N2C[C@@H]3CCC[C@@]3(C(=O)O)C2)CCOCC1. The fraction of sp³-hybridized carbons (Fsp3) is 0.875. The Kier molecular flexibility index (Phi) is 4.05. The summed E-state index contributed by atoms with van der Waals surface area (Å²) < 4.78 is 5.37. The molecule has 0 spiro atoms. The molecule has 6 heteroatoms. The van der Waals surface area contributed by atoms with Gasteiger partial charge in [0.2, 0.25) is 0 Å². The van der Waals surface area contributed by atoms with Crippen LogP contribution in [0.5, 0.6) is 0 Å². The standard InChI is InChI=1S/C16H26N2O4/c1-15(5-7-22-8-6-15)10-17-14(21)18-9-12-3-2-4-16(12,11-18)13(19)20/h12H,2-11H2,1H3,(H,17,21)(H,19,20)/t12-,16+/m0/s1. The fourth-order valence-corrected chi connectivity index (χ4v) is 4.24. The lowest BCUT2D eigenvalue weighted by molar-refractivity contribution is -0.149. The van der Waals surface area contributed by atoms with E-state index >= 15 is 0 Å². The molecule has 2 atom stereocenters. The molecule has 0 bridgehead atoms. The van der Waals surface area contributed by atoms with Crippen LogP contribution in [-0.2, 0) is 9.53 Å². The highest BCUT2D eigenvalue weighted by Gasteiger charge is 2.55. The summed E-state index contributed by atoms with van der Waals surface area (Å²) in [6.45, 7) is 5.25. The number of nitrogens with one attached hydrogen (secondary N) is 1. The van der Waals surface area contributed by atoms with Gasteiger partial charge >= 0.3 is 12.0 Å². The molecule has 3 rings (SSSR count). The number of aliphatic carboxylic acids is 1. The summed E-state index contributed by atoms with van der Waals surface area (Å²) in [6.07, 6.45) is 4.49. The minimum atomic E-state index is -0.735. The zero-order valence-electron chi connectivity index (χ0n) is 13.3. The number of nitrogens with zero attached hydrogens (tertiary/aromatic N) is 1. The quantitative estimate of drug-likeness (QED) is 0.831. The first-order valence-corrected chi connectivity index (χ1v) is 8.29. The van der Waals surface area contributed by atoms with Gasteiger partial charge in [0.25, 0.3) is 0 Å². The minimum Gasteiger partial charge on any atom is -0.481 e. The predicted molar refractivity (Wildman–Crippen MR) is 80.5 cm³/mol. The Balaban J connectivity index is 1.57. The van der Waals surface area contributed by atoms with Crippen molar-refractivity contribution < 1.29 is 19.4 Å². The third kappa shape index (κ3) is 2.69. The van der Waals surface area contributed by atoms with Crippen molar-refractivity contribution in [3.8, 4) is 0 Å². The number of carboxylic acids is 1. The third-order valence-electron chi connectivity index (χ3n) is 5.95. The first-order chi connectivity index (χ1) is 10.5. The number of fused-ring (bicyclic) bond motifs is 1. The largest absolute Gasteiger partial charge is 0.481 e. The highest BCUT2D eigenvalue weighted by molar-refractivity contribution is 5.80. The summed E-state index contributed by atoms with van der Waals surface area (Å²) in [7, 11) is 0. The number of hydrogen-bond acceptors (Lipinski definition) is 3. The first-order valence-electron chi connectivity index (χ1n) is 8.29. The van der Waals surface area contributed by atoms with Crippen LogP contribution in [0.25, 0.3) is 0 Å². The lowest BCUT2D eigenvalue weighted by Gasteiger charge is -2.34. The van der Waals surface area contributed by atoms with E-state index < -0.39 is 11.4 Å². The Labute approximate surface area is 131 Å². The number of carbonyl (C=O) groups excluding carboxylic acids is 1. The molecule has 0 aromatic carbocycles. The molecule has 0 unspecified atom stereocenters. The summed E-state index contributed by atoms with van der Waals surface area (Å²) in [5.74, 6) is -0.615. The fourth-order valence-electron chi connectivity index (χ4n) is 4.24. The third-order valence-corrected chi connectivity index (χ3v) is 5.95. The Hall–Kier alpha value is -1.30. The second-order valence-corrected chi connectivity index (χ2v) is 7.51. The Bertz CT molecular complexity index is 461. The number of ether oxygens (including phenoxy) is 1. The normalized spacial score (nSPS) is 33.5. The number of amides is 2. The Morgan fingerprint density at radius 1 is 1.32 bits per heavy atom. The van der Waals surface area contributed by atoms with Gasteiger partial charge < -0.3 is 20.1 Å². The highest BCUT2D eigenvalue weighted by atomic mass is 16.5. The molecule has 3 fully saturated rings. The van der Waals surface area contributed by atoms with Gasteiger partial charge in [-0.15, -0.1) is 0 Å². The molecule has 1 saturated carbocycles. The van der Waals surface area contributed by atoms with Crippen LogP contribution in [-0.4, -0.2) is 54.9 Å². The molecule has 2 heterocycles. The number of likely N-dealkylation sites (tertiary alicyclic amines) is 1. The van der Waals surface area contributed by atoms with E-state index in [-0.39, 0.29) is 17.4 Å². The van der Waals surface area contributed by atoms with E-state index in [1.807, 2.05) is 0 Å². The first kappa shape index (κ1) is 15.6. The van der Waals surface area contributed by atoms with Gasteiger partial charge in [0.1, 0.15) is 0 Å². The van der Waals surface area contributed by atoms with E-state index in [0.29, 0.717) is 26.1 Å². The number of rotatable bonds is 3. The van der Waals surface area contributed by atoms with Crippen molar-refractivity contribution in [1.29, 1.82) is 0 Å². The van der Waals surface area contributed by atoms with Gasteiger partial charge in [-0.2, -0.15) is 0 Å². The number of urea groups is 1. The molecule has 0 aromatic heterocycles. The van der Waals surface area contributed by atoms with Crippen LogP contribution in [0.15, 0.2) is 0 Å². The smallest absolute Gasteiger partial charge is 0.317 e. The van der Waals surface area contributed by atoms with Crippen molar-refractivity contribution in [1.82, 2.24) is 10.2 Å². The van der Waals surface area contributed by atoms with Gasteiger partial charge in [-0.3, -0.25) is 4.79 Å². The second kappa shape index (κ2) is 5.72. The van der Waals surface area contributed by atoms with Crippen LogP contribution in [0, 0.1) is 16.7 Å². The van der Waals surface area contributed by atoms with Crippen molar-refractivity contribution in [2.75, 3.05) is 32.8 Å². The maximum absolute atomic E-state index is 12.4. The number of carboxylic acid groups (broad SMARTS) is 1. The molecule has 0 aromatic rings. The lowest BCUT2D eigenvalue weighted by Crippen LogP contribution is -2.46. The Morgan fingerprint density at radius 3 is 2.68 bits per heavy atom. The van der Waals surface area contributed by atoms with Gasteiger partial charge in [-0.05, 0) is 37.0 Å². The predicted octanol–water partition coefficient (Wildman–Crippen LogP) is 1.70. The monoisotopic (exact) mass is 310 g/mol. The van der Waals surface area contributed by atoms with Crippen molar-refractivity contribution in [2.45, 2.75) is 39.0 Å². The zero-order valence-corrected chi connectivity index (χ0v) is 13.3. The van der Waals surface area contributed by atoms with Crippen LogP contribution in [0.1, 0.15) is 39.0 Å². The topological polar surface area (TPSA) is 78.9 Å². The van der Waals surface area contributed by atoms with Crippen molar-refractivity contribution in [3.63, 3.8) is 0 Å². The molecular formula is C16H26N2O4. The summed E-state index contributed by atoms with van der Waals surface area (Å²) >= 11 is 0. The summed E-state index contributed by atoms with van der Waals surface area (Å²) in [4.78, 5) is 25.8. The number of hydrogen-bond donors (Lipinski definition) is 2. The maximum Gasteiger partial charge on any atom is 0.317 e. The van der Waals surface area contributed by atoms with E-state index in [4.69, 9.17) is 4.74 Å². The molecule has 3 aliphatic rings. The lowest BCUT2D eigenvalue weighted by atomic mass is 9.81. The van der Waals surface area contributed by atoms with Gasteiger partial charge in [0.05, 0.1) is 5.41 Å². The molecule has 2 amide bonds. The molecule has 124 valence electrons. The van der Waals surface area contributed by atoms with Gasteiger partial charge in [-0.25, -0.2) is 4.79 Å². The molecule has 2 N–H and O–H groups in total. The maximum atomic E-state index is 12.4. The van der Waals surface area contributed by atoms with Crippen LogP contribution in [0.4, 0.5) is 4.79 Å². The molecule has 1 aliphatic carbocycles. The van der Waals surface area contributed by atoms with Crippen molar-refractivity contribution >= 4 is 12.0 Å². The van der Waals surface area contributed by atoms with E-state index in [0.717, 1.165) is 38.9 Å². The van der Waals surface area contributed by atoms with Gasteiger partial charge in [0, 0.05) is 32.8 Å². The summed E-state index contributed by atoms with van der Waals surface area (Å²) in [5, 5.41) is 12.6. The average molecular weight is 310 g/mol. The van der Waals surface area contributed by atoms with Crippen molar-refractivity contribution in [2.24, 2.45) is 16.7 Å². The van der Waals surface area contributed by atoms with E-state index in [1.165, 1.54) is 0 Å². The summed E-state index contributed by atoms with van der Waals surface area (Å²) in [5.41, 5.74) is -0.603. The molecule has 22 heavy (non-hydrogen) atoms. The van der Waals surface area contributed by atoms with E-state index in [9.17, 15) is 14.7 Å². The van der Waals surface area contributed by atoms with Crippen molar-refractivity contribution in [3.05, 3.63) is 0 Å². The van der Waals surface area contributed by atoms with E-state index in [1.54, 1.807) is 4.90 Å². The highest BCUT2D eigenvalue weighted by Crippen LogP contribution is 2.48. The molecule has 2 aliphatic heterocycles. The van der Waals surface area contributed by atoms with Crippen LogP contribution in [0.3, 0.4) is 0 Å². The van der Waals surface area contributed by atoms with Crippen LogP contribution in [0.2, 0.25) is 0 Å². The number of carbonyl (C=O) groups is 2. The zero-order chi connectivity index (χ0) is 15.8. The Morgan fingerprint density at radius 2 is 2.05 bits per heavy atom. The second-order valence-electron chi connectivity index (χ2n) is 7.51. The van der Waals surface area contributed by atoms with Crippen LogP contribution < -0.4 is 5.32 Å². The molecular weight excluding hydrogens is 284 g/mol. The van der Waals surface area contributed by atoms with Gasteiger partial charge in [-0.1, -0.05) is 13.3 Å². The average Bonchev–Trinajstić information content (AvgIpc) is 3.03. The molecule has 0 radical (unpaired) electrons. The molecule has 2 saturated heterocycles. The molecule has 6 nitrogen and oxygen atoms in total. The minimum absolute atomic E-state index is 0.0913. The van der Waals surface area contributed by atoms with Crippen LogP contribution >= 0.6 is 0 Å². The van der Waals surface area contributed by atoms with Gasteiger partial charge in [0.15, 0.2) is 0 Å². The summed E-state index contributed by atoms with van der Waals surface area (Å²) in [6, 6.07) is -0.109.